The van der Waals surface area contributed by atoms with Crippen LogP contribution in [-0.2, 0) is 5.41 Å². The van der Waals surface area contributed by atoms with Gasteiger partial charge in [0.15, 0.2) is 0 Å². The molecule has 0 N–H and O–H groups in total. The molecule has 0 radical (unpaired) electrons. The third-order valence-corrected chi connectivity index (χ3v) is 3.05. The Labute approximate surface area is 113 Å². The second-order valence-electron chi connectivity index (χ2n) is 5.54. The van der Waals surface area contributed by atoms with Gasteiger partial charge in [-0.1, -0.05) is 26.8 Å². The normalized spacial score (nSPS) is 11.3. The Morgan fingerprint density at radius 3 is 2.58 bits per heavy atom. The molecule has 1 aromatic heterocycles. The third-order valence-electron chi connectivity index (χ3n) is 3.05. The van der Waals surface area contributed by atoms with Gasteiger partial charge in [-0.15, -0.1) is 0 Å². The van der Waals surface area contributed by atoms with Crippen LogP contribution in [0.4, 0.5) is 0 Å². The average molecular weight is 254 g/mol. The summed E-state index contributed by atoms with van der Waals surface area (Å²) < 4.78 is 5.40. The molecule has 0 atom stereocenters. The highest BCUT2D eigenvalue weighted by molar-refractivity contribution is 5.82. The van der Waals surface area contributed by atoms with Crippen molar-refractivity contribution >= 4 is 10.9 Å². The summed E-state index contributed by atoms with van der Waals surface area (Å²) >= 11 is 0. The van der Waals surface area contributed by atoms with E-state index >= 15 is 0 Å². The van der Waals surface area contributed by atoms with Crippen LogP contribution in [0.3, 0.4) is 0 Å². The summed E-state index contributed by atoms with van der Waals surface area (Å²) in [5, 5.41) is 10.1. The number of hydrogen-bond donors (Lipinski definition) is 0. The number of pyridine rings is 1. The Hall–Kier alpha value is -2.08. The summed E-state index contributed by atoms with van der Waals surface area (Å²) in [6.45, 7) is 8.90. The molecule has 19 heavy (non-hydrogen) atoms. The lowest BCUT2D eigenvalue weighted by Gasteiger charge is -2.19. The fourth-order valence-corrected chi connectivity index (χ4v) is 1.95. The molecule has 0 amide bonds. The van der Waals surface area contributed by atoms with E-state index in [-0.39, 0.29) is 5.41 Å². The van der Waals surface area contributed by atoms with Crippen molar-refractivity contribution < 1.29 is 4.74 Å². The molecule has 0 spiro atoms. The van der Waals surface area contributed by atoms with Gasteiger partial charge >= 0.3 is 0 Å². The Morgan fingerprint density at radius 1 is 1.26 bits per heavy atom. The predicted molar refractivity (Wildman–Crippen MR) is 76.3 cm³/mol. The number of nitrogens with zero attached hydrogens (tertiary/aromatic N) is 2. The molecule has 1 heterocycles. The Bertz CT molecular complexity index is 648. The minimum atomic E-state index is 0.0829. The van der Waals surface area contributed by atoms with Gasteiger partial charge in [0.1, 0.15) is 11.6 Å². The quantitative estimate of drug-likeness (QED) is 0.818. The topological polar surface area (TPSA) is 45.9 Å². The lowest BCUT2D eigenvalue weighted by Crippen LogP contribution is -2.10. The lowest BCUT2D eigenvalue weighted by molar-refractivity contribution is 0.327. The van der Waals surface area contributed by atoms with Crippen molar-refractivity contribution in [3.63, 3.8) is 0 Å². The van der Waals surface area contributed by atoms with Crippen LogP contribution in [0.1, 0.15) is 38.8 Å². The van der Waals surface area contributed by atoms with Gasteiger partial charge < -0.3 is 4.74 Å². The standard InChI is InChI=1S/C16H18N2O/c1-5-19-15-12(10-17)8-11-9-13(16(2,3)4)6-7-14(11)18-15/h6-9H,5H2,1-4H3. The van der Waals surface area contributed by atoms with Gasteiger partial charge in [-0.3, -0.25) is 0 Å². The summed E-state index contributed by atoms with van der Waals surface area (Å²) in [7, 11) is 0. The molecule has 0 aliphatic heterocycles. The SMILES string of the molecule is CCOc1nc2ccc(C(C)(C)C)cc2cc1C#N. The fraction of sp³-hybridized carbons (Fsp3) is 0.375. The molecule has 1 aromatic carbocycles. The van der Waals surface area contributed by atoms with Crippen molar-refractivity contribution in [2.24, 2.45) is 0 Å². The number of rotatable bonds is 2. The van der Waals surface area contributed by atoms with Crippen LogP contribution in [0, 0.1) is 11.3 Å². The average Bonchev–Trinajstić information content (AvgIpc) is 2.36. The van der Waals surface area contributed by atoms with Gasteiger partial charge in [0, 0.05) is 5.39 Å². The molecule has 3 nitrogen and oxygen atoms in total. The smallest absolute Gasteiger partial charge is 0.232 e. The number of benzene rings is 1. The van der Waals surface area contributed by atoms with Gasteiger partial charge in [-0.05, 0) is 36.1 Å². The molecular weight excluding hydrogens is 236 g/mol. The van der Waals surface area contributed by atoms with E-state index < -0.39 is 0 Å². The van der Waals surface area contributed by atoms with Gasteiger partial charge in [0.25, 0.3) is 0 Å². The van der Waals surface area contributed by atoms with Crippen molar-refractivity contribution in [3.8, 4) is 11.9 Å². The van der Waals surface area contributed by atoms with Crippen LogP contribution in [0.15, 0.2) is 24.3 Å². The molecule has 2 rings (SSSR count). The van der Waals surface area contributed by atoms with Gasteiger partial charge in [0.05, 0.1) is 12.1 Å². The van der Waals surface area contributed by atoms with E-state index in [1.165, 1.54) is 5.56 Å². The van der Waals surface area contributed by atoms with E-state index in [1.807, 2.05) is 19.1 Å². The fourth-order valence-electron chi connectivity index (χ4n) is 1.95. The molecule has 2 aromatic rings. The maximum atomic E-state index is 9.16. The highest BCUT2D eigenvalue weighted by Crippen LogP contribution is 2.28. The molecule has 0 aliphatic carbocycles. The molecule has 3 heteroatoms. The van der Waals surface area contributed by atoms with Crippen LogP contribution in [-0.4, -0.2) is 11.6 Å². The molecule has 0 aliphatic rings. The summed E-state index contributed by atoms with van der Waals surface area (Å²) in [6, 6.07) is 10.2. The maximum absolute atomic E-state index is 9.16. The zero-order valence-corrected chi connectivity index (χ0v) is 11.8. The lowest BCUT2D eigenvalue weighted by atomic mass is 9.86. The first-order valence-corrected chi connectivity index (χ1v) is 6.44. The number of ether oxygens (including phenoxy) is 1. The number of nitriles is 1. The summed E-state index contributed by atoms with van der Waals surface area (Å²) in [4.78, 5) is 4.41. The van der Waals surface area contributed by atoms with Gasteiger partial charge in [-0.2, -0.15) is 5.26 Å². The zero-order chi connectivity index (χ0) is 14.0. The van der Waals surface area contributed by atoms with Crippen molar-refractivity contribution in [1.29, 1.82) is 5.26 Å². The van der Waals surface area contributed by atoms with Gasteiger partial charge in [0.2, 0.25) is 5.88 Å². The summed E-state index contributed by atoms with van der Waals surface area (Å²) in [5.74, 6) is 0.418. The van der Waals surface area contributed by atoms with Crippen molar-refractivity contribution in [2.75, 3.05) is 6.61 Å². The minimum absolute atomic E-state index is 0.0829. The molecular formula is C16H18N2O. The Kier molecular flexibility index (Phi) is 3.44. The number of aromatic nitrogens is 1. The van der Waals surface area contributed by atoms with E-state index in [4.69, 9.17) is 10.00 Å². The highest BCUT2D eigenvalue weighted by atomic mass is 16.5. The number of hydrogen-bond acceptors (Lipinski definition) is 3. The second kappa shape index (κ2) is 4.89. The van der Waals surface area contributed by atoms with Crippen molar-refractivity contribution in [3.05, 3.63) is 35.4 Å². The Morgan fingerprint density at radius 2 is 2.00 bits per heavy atom. The van der Waals surface area contributed by atoms with Crippen LogP contribution in [0.5, 0.6) is 5.88 Å². The van der Waals surface area contributed by atoms with E-state index in [1.54, 1.807) is 0 Å². The highest BCUT2D eigenvalue weighted by Gasteiger charge is 2.15. The van der Waals surface area contributed by atoms with Crippen molar-refractivity contribution in [2.45, 2.75) is 33.1 Å². The molecule has 98 valence electrons. The summed E-state index contributed by atoms with van der Waals surface area (Å²) in [5.41, 5.74) is 2.66. The minimum Gasteiger partial charge on any atom is -0.477 e. The molecule has 0 unspecified atom stereocenters. The third kappa shape index (κ3) is 2.68. The zero-order valence-electron chi connectivity index (χ0n) is 11.8. The Balaban J connectivity index is 2.62. The number of fused-ring (bicyclic) bond motifs is 1. The van der Waals surface area contributed by atoms with E-state index in [9.17, 15) is 0 Å². The van der Waals surface area contributed by atoms with Crippen LogP contribution in [0.25, 0.3) is 10.9 Å². The van der Waals surface area contributed by atoms with E-state index in [2.05, 4.69) is 44.0 Å². The second-order valence-corrected chi connectivity index (χ2v) is 5.54. The van der Waals surface area contributed by atoms with Crippen LogP contribution in [0.2, 0.25) is 0 Å². The van der Waals surface area contributed by atoms with E-state index in [0.717, 1.165) is 10.9 Å². The molecule has 0 fully saturated rings. The summed E-state index contributed by atoms with van der Waals surface area (Å²) in [6.07, 6.45) is 0. The molecule has 0 saturated carbocycles. The first-order chi connectivity index (χ1) is 8.95. The molecule has 0 saturated heterocycles. The maximum Gasteiger partial charge on any atom is 0.232 e. The van der Waals surface area contributed by atoms with Crippen LogP contribution < -0.4 is 4.74 Å². The van der Waals surface area contributed by atoms with Crippen LogP contribution >= 0.6 is 0 Å². The first-order valence-electron chi connectivity index (χ1n) is 6.44. The largest absolute Gasteiger partial charge is 0.477 e. The first kappa shape index (κ1) is 13.4. The van der Waals surface area contributed by atoms with Crippen molar-refractivity contribution in [1.82, 2.24) is 4.98 Å². The predicted octanol–water partition coefficient (Wildman–Crippen LogP) is 3.80. The monoisotopic (exact) mass is 254 g/mol. The van der Waals surface area contributed by atoms with Gasteiger partial charge in [-0.25, -0.2) is 4.98 Å². The molecule has 0 bridgehead atoms. The van der Waals surface area contributed by atoms with E-state index in [0.29, 0.717) is 18.1 Å².